The van der Waals surface area contributed by atoms with Crippen molar-refractivity contribution in [1.82, 2.24) is 24.5 Å². The summed E-state index contributed by atoms with van der Waals surface area (Å²) in [4.78, 5) is 29.1. The van der Waals surface area contributed by atoms with Gasteiger partial charge in [0.1, 0.15) is 5.52 Å². The number of carbonyl (C=O) groups is 1. The maximum absolute atomic E-state index is 12.6. The van der Waals surface area contributed by atoms with Crippen LogP contribution in [0.2, 0.25) is 0 Å². The van der Waals surface area contributed by atoms with Crippen LogP contribution in [0.4, 0.5) is 0 Å². The molecular formula is C19H17N5O2. The first-order valence-electron chi connectivity index (χ1n) is 8.36. The van der Waals surface area contributed by atoms with E-state index >= 15 is 0 Å². The molecule has 26 heavy (non-hydrogen) atoms. The minimum atomic E-state index is -0.195. The molecule has 1 aromatic carbocycles. The van der Waals surface area contributed by atoms with Gasteiger partial charge >= 0.3 is 0 Å². The van der Waals surface area contributed by atoms with E-state index < -0.39 is 0 Å². The van der Waals surface area contributed by atoms with Crippen molar-refractivity contribution in [3.8, 4) is 0 Å². The van der Waals surface area contributed by atoms with E-state index in [-0.39, 0.29) is 11.5 Å². The fraction of sp³-hybridized carbons (Fsp3) is 0.158. The van der Waals surface area contributed by atoms with E-state index in [9.17, 15) is 9.59 Å². The van der Waals surface area contributed by atoms with Gasteiger partial charge < -0.3 is 9.88 Å². The molecule has 0 aliphatic rings. The lowest BCUT2D eigenvalue weighted by molar-refractivity contribution is 0.0951. The number of hydrogen-bond donors (Lipinski definition) is 1. The number of nitrogens with one attached hydrogen (secondary N) is 1. The van der Waals surface area contributed by atoms with E-state index in [1.165, 1.54) is 0 Å². The lowest BCUT2D eigenvalue weighted by atomic mass is 10.1. The summed E-state index contributed by atoms with van der Waals surface area (Å²) in [6.07, 6.45) is 4.98. The van der Waals surface area contributed by atoms with E-state index in [0.717, 1.165) is 11.1 Å². The summed E-state index contributed by atoms with van der Waals surface area (Å²) in [6.45, 7) is 2.83. The van der Waals surface area contributed by atoms with Gasteiger partial charge in [-0.3, -0.25) is 14.6 Å². The summed E-state index contributed by atoms with van der Waals surface area (Å²) in [7, 11) is 0. The number of rotatable bonds is 4. The van der Waals surface area contributed by atoms with Crippen LogP contribution < -0.4 is 10.9 Å². The van der Waals surface area contributed by atoms with Crippen LogP contribution in [0, 0.1) is 0 Å². The van der Waals surface area contributed by atoms with Crippen molar-refractivity contribution >= 4 is 22.5 Å². The van der Waals surface area contributed by atoms with Crippen molar-refractivity contribution in [2.45, 2.75) is 20.0 Å². The Morgan fingerprint density at radius 3 is 2.62 bits per heavy atom. The predicted octanol–water partition coefficient (Wildman–Crippen LogP) is 1.99. The van der Waals surface area contributed by atoms with Gasteiger partial charge in [0.2, 0.25) is 0 Å². The van der Waals surface area contributed by atoms with E-state index in [2.05, 4.69) is 15.4 Å². The van der Waals surface area contributed by atoms with Gasteiger partial charge in [0.05, 0.1) is 17.2 Å². The summed E-state index contributed by atoms with van der Waals surface area (Å²) in [5, 5.41) is 7.12. The van der Waals surface area contributed by atoms with Crippen LogP contribution >= 0.6 is 0 Å². The number of carbonyl (C=O) groups excluding carboxylic acids is 1. The Bertz CT molecular complexity index is 1160. The molecule has 4 rings (SSSR count). The Balaban J connectivity index is 1.74. The first-order chi connectivity index (χ1) is 12.7. The molecule has 7 heteroatoms. The van der Waals surface area contributed by atoms with E-state index in [1.54, 1.807) is 45.9 Å². The van der Waals surface area contributed by atoms with Crippen LogP contribution in [0.25, 0.3) is 16.6 Å². The van der Waals surface area contributed by atoms with Gasteiger partial charge in [-0.1, -0.05) is 0 Å². The molecule has 1 amide bonds. The molecule has 130 valence electrons. The summed E-state index contributed by atoms with van der Waals surface area (Å²) in [5.41, 5.74) is 3.35. The molecule has 0 bridgehead atoms. The molecule has 7 nitrogen and oxygen atoms in total. The molecule has 0 saturated carbocycles. The molecule has 3 heterocycles. The Kier molecular flexibility index (Phi) is 3.96. The van der Waals surface area contributed by atoms with Crippen molar-refractivity contribution in [2.75, 3.05) is 0 Å². The average Bonchev–Trinajstić information content (AvgIpc) is 3.17. The van der Waals surface area contributed by atoms with Gasteiger partial charge in [-0.15, -0.1) is 0 Å². The minimum absolute atomic E-state index is 0.119. The first-order valence-corrected chi connectivity index (χ1v) is 8.36. The predicted molar refractivity (Wildman–Crippen MR) is 98.0 cm³/mol. The number of aromatic nitrogens is 4. The van der Waals surface area contributed by atoms with Crippen LogP contribution in [-0.2, 0) is 13.1 Å². The highest BCUT2D eigenvalue weighted by molar-refractivity contribution is 5.97. The molecule has 0 radical (unpaired) electrons. The fourth-order valence-corrected chi connectivity index (χ4v) is 3.06. The van der Waals surface area contributed by atoms with E-state index in [1.807, 2.05) is 25.1 Å². The highest BCUT2D eigenvalue weighted by Crippen LogP contribution is 2.16. The summed E-state index contributed by atoms with van der Waals surface area (Å²) in [5.74, 6) is -0.195. The highest BCUT2D eigenvalue weighted by atomic mass is 16.1. The zero-order valence-electron chi connectivity index (χ0n) is 14.2. The van der Waals surface area contributed by atoms with Crippen molar-refractivity contribution in [2.24, 2.45) is 0 Å². The van der Waals surface area contributed by atoms with Gasteiger partial charge in [0, 0.05) is 31.0 Å². The van der Waals surface area contributed by atoms with Gasteiger partial charge in [-0.25, -0.2) is 4.52 Å². The number of nitrogens with zero attached hydrogens (tertiary/aromatic N) is 4. The van der Waals surface area contributed by atoms with Crippen molar-refractivity contribution in [1.29, 1.82) is 0 Å². The molecule has 0 aliphatic heterocycles. The number of aryl methyl sites for hydroxylation is 1. The van der Waals surface area contributed by atoms with Crippen LogP contribution in [0.5, 0.6) is 0 Å². The van der Waals surface area contributed by atoms with Crippen LogP contribution in [0.15, 0.2) is 59.8 Å². The minimum Gasteiger partial charge on any atom is -0.348 e. The third kappa shape index (κ3) is 2.63. The van der Waals surface area contributed by atoms with Crippen molar-refractivity contribution in [3.05, 3.63) is 76.5 Å². The summed E-state index contributed by atoms with van der Waals surface area (Å²) < 4.78 is 3.27. The maximum atomic E-state index is 12.6. The van der Waals surface area contributed by atoms with Crippen LogP contribution in [0.3, 0.4) is 0 Å². The maximum Gasteiger partial charge on any atom is 0.277 e. The quantitative estimate of drug-likeness (QED) is 0.612. The molecule has 0 aliphatic carbocycles. The van der Waals surface area contributed by atoms with Crippen LogP contribution in [-0.4, -0.2) is 25.1 Å². The molecule has 1 N–H and O–H groups in total. The summed E-state index contributed by atoms with van der Waals surface area (Å²) >= 11 is 0. The normalized spacial score (nSPS) is 11.1. The Hall–Kier alpha value is -3.48. The molecule has 0 spiro atoms. The SMILES string of the molecule is CCn1c(=O)c2ccnn2c2ccc(C(=O)NCc3ccncc3)cc21. The number of fused-ring (bicyclic) bond motifs is 3. The Labute approximate surface area is 148 Å². The zero-order chi connectivity index (χ0) is 18.1. The molecule has 4 aromatic rings. The van der Waals surface area contributed by atoms with Crippen molar-refractivity contribution < 1.29 is 4.79 Å². The van der Waals surface area contributed by atoms with E-state index in [0.29, 0.717) is 29.7 Å². The standard InChI is InChI=1S/C19H17N5O2/c1-2-23-17-11-14(18(25)21-12-13-5-8-20-9-6-13)3-4-15(17)24-16(19(23)26)7-10-22-24/h3-11H,2,12H2,1H3,(H,21,25). The number of hydrogen-bond acceptors (Lipinski definition) is 4. The van der Waals surface area contributed by atoms with Crippen LogP contribution in [0.1, 0.15) is 22.8 Å². The highest BCUT2D eigenvalue weighted by Gasteiger charge is 2.13. The molecule has 0 atom stereocenters. The molecule has 3 aromatic heterocycles. The van der Waals surface area contributed by atoms with Gasteiger partial charge in [0.15, 0.2) is 0 Å². The lowest BCUT2D eigenvalue weighted by Gasteiger charge is -2.12. The van der Waals surface area contributed by atoms with Gasteiger partial charge in [-0.2, -0.15) is 5.10 Å². The zero-order valence-corrected chi connectivity index (χ0v) is 14.2. The fourth-order valence-electron chi connectivity index (χ4n) is 3.06. The first kappa shape index (κ1) is 16.0. The Morgan fingerprint density at radius 2 is 1.85 bits per heavy atom. The molecule has 0 unspecified atom stereocenters. The number of amides is 1. The summed E-state index contributed by atoms with van der Waals surface area (Å²) in [6, 6.07) is 10.7. The topological polar surface area (TPSA) is 81.3 Å². The van der Waals surface area contributed by atoms with Gasteiger partial charge in [-0.05, 0) is 48.9 Å². The second-order valence-electron chi connectivity index (χ2n) is 5.92. The molecule has 0 saturated heterocycles. The van der Waals surface area contributed by atoms with Gasteiger partial charge in [0.25, 0.3) is 11.5 Å². The number of benzene rings is 1. The molecule has 0 fully saturated rings. The third-order valence-corrected chi connectivity index (χ3v) is 4.38. The monoisotopic (exact) mass is 347 g/mol. The smallest absolute Gasteiger partial charge is 0.277 e. The third-order valence-electron chi connectivity index (χ3n) is 4.38. The second-order valence-corrected chi connectivity index (χ2v) is 5.92. The second kappa shape index (κ2) is 6.44. The average molecular weight is 347 g/mol. The molecular weight excluding hydrogens is 330 g/mol. The largest absolute Gasteiger partial charge is 0.348 e. The number of pyridine rings is 1. The van der Waals surface area contributed by atoms with Crippen molar-refractivity contribution in [3.63, 3.8) is 0 Å². The van der Waals surface area contributed by atoms with E-state index in [4.69, 9.17) is 0 Å². The Morgan fingerprint density at radius 1 is 1.04 bits per heavy atom. The lowest BCUT2D eigenvalue weighted by Crippen LogP contribution is -2.25.